The fraction of sp³-hybridized carbons (Fsp3) is 0.0476. The van der Waals surface area contributed by atoms with Crippen LogP contribution in [0.5, 0.6) is 0 Å². The first-order valence-corrected chi connectivity index (χ1v) is 11.0. The molecule has 0 atom stereocenters. The molecule has 0 radical (unpaired) electrons. The fourth-order valence-corrected chi connectivity index (χ4v) is 5.14. The van der Waals surface area contributed by atoms with Crippen LogP contribution < -0.4 is 0 Å². The van der Waals surface area contributed by atoms with Crippen molar-refractivity contribution in [2.75, 3.05) is 0 Å². The van der Waals surface area contributed by atoms with Crippen LogP contribution in [0.25, 0.3) is 33.2 Å². The van der Waals surface area contributed by atoms with Crippen LogP contribution in [-0.4, -0.2) is 27.3 Å². The Hall–Kier alpha value is -3.23. The zero-order valence-corrected chi connectivity index (χ0v) is 17.0. The van der Waals surface area contributed by atoms with Gasteiger partial charge in [-0.1, -0.05) is 36.4 Å². The van der Waals surface area contributed by atoms with E-state index in [9.17, 15) is 12.8 Å². The highest BCUT2D eigenvalue weighted by atomic mass is 35.5. The van der Waals surface area contributed by atoms with Crippen molar-refractivity contribution in [3.63, 3.8) is 0 Å². The largest absolute Gasteiger partial charge is 0.360 e. The third kappa shape index (κ3) is 3.05. The van der Waals surface area contributed by atoms with E-state index in [-0.39, 0.29) is 16.7 Å². The number of H-pyrrole nitrogens is 1. The molecule has 0 unspecified atom stereocenters. The summed E-state index contributed by atoms with van der Waals surface area (Å²) >= 11 is 6.14. The van der Waals surface area contributed by atoms with Crippen LogP contribution in [-0.2, 0) is 15.8 Å². The summed E-state index contributed by atoms with van der Waals surface area (Å²) in [6.07, 6.45) is 3.05. The van der Waals surface area contributed by atoms with Gasteiger partial charge in [0, 0.05) is 34.2 Å². The highest BCUT2D eigenvalue weighted by molar-refractivity contribution is 7.89. The molecule has 0 fully saturated rings. The Labute approximate surface area is 176 Å². The Morgan fingerprint density at radius 1 is 1.03 bits per heavy atom. The lowest BCUT2D eigenvalue weighted by atomic mass is 10.1. The molecule has 0 bridgehead atoms. The lowest BCUT2D eigenvalue weighted by Crippen LogP contribution is -2.14. The molecule has 0 aliphatic heterocycles. The van der Waals surface area contributed by atoms with Crippen molar-refractivity contribution >= 4 is 43.6 Å². The van der Waals surface area contributed by atoms with Crippen LogP contribution in [0.1, 0.15) is 5.56 Å². The van der Waals surface area contributed by atoms with Gasteiger partial charge in [-0.3, -0.25) is 0 Å². The number of rotatable bonds is 4. The molecule has 5 aromatic rings. The summed E-state index contributed by atoms with van der Waals surface area (Å²) < 4.78 is 41.7. The minimum atomic E-state index is -3.76. The van der Waals surface area contributed by atoms with Gasteiger partial charge in [-0.05, 0) is 35.4 Å². The average Bonchev–Trinajstić information content (AvgIpc) is 3.33. The number of halogens is 2. The summed E-state index contributed by atoms with van der Waals surface area (Å²) in [5.74, 6) is -0.612. The maximum absolute atomic E-state index is 14.5. The molecule has 0 aliphatic carbocycles. The molecule has 0 saturated heterocycles. The Bertz CT molecular complexity index is 1510. The molecule has 9 heteroatoms. The van der Waals surface area contributed by atoms with Gasteiger partial charge in [0.2, 0.25) is 15.3 Å². The summed E-state index contributed by atoms with van der Waals surface area (Å²) in [4.78, 5) is 11.4. The minimum absolute atomic E-state index is 0.127. The second-order valence-corrected chi connectivity index (χ2v) is 8.98. The first-order chi connectivity index (χ1) is 14.4. The minimum Gasteiger partial charge on any atom is -0.360 e. The molecule has 2 aromatic carbocycles. The summed E-state index contributed by atoms with van der Waals surface area (Å²) in [6.45, 7) is 0. The molecule has 3 aromatic heterocycles. The monoisotopic (exact) mass is 440 g/mol. The van der Waals surface area contributed by atoms with E-state index in [1.165, 1.54) is 12.3 Å². The van der Waals surface area contributed by atoms with E-state index in [0.717, 1.165) is 3.97 Å². The number of nitrogens with zero attached hydrogens (tertiary/aromatic N) is 3. The lowest BCUT2D eigenvalue weighted by molar-refractivity contribution is 0.588. The van der Waals surface area contributed by atoms with E-state index in [1.54, 1.807) is 48.7 Å². The maximum atomic E-state index is 14.5. The number of hydrogen-bond donors (Lipinski definition) is 1. The average molecular weight is 441 g/mol. The van der Waals surface area contributed by atoms with E-state index in [2.05, 4.69) is 15.0 Å². The zero-order chi connectivity index (χ0) is 20.9. The Balaban J connectivity index is 1.71. The molecule has 0 spiro atoms. The quantitative estimate of drug-likeness (QED) is 0.409. The van der Waals surface area contributed by atoms with Crippen LogP contribution in [0.15, 0.2) is 67.0 Å². The first-order valence-electron chi connectivity index (χ1n) is 9.02. The zero-order valence-electron chi connectivity index (χ0n) is 15.4. The van der Waals surface area contributed by atoms with Crippen LogP contribution >= 0.6 is 11.6 Å². The van der Waals surface area contributed by atoms with Gasteiger partial charge < -0.3 is 4.98 Å². The van der Waals surface area contributed by atoms with Gasteiger partial charge >= 0.3 is 0 Å². The Morgan fingerprint density at radius 3 is 2.63 bits per heavy atom. The van der Waals surface area contributed by atoms with Crippen LogP contribution in [0.4, 0.5) is 4.39 Å². The van der Waals surface area contributed by atoms with Crippen molar-refractivity contribution in [3.8, 4) is 11.3 Å². The molecule has 5 rings (SSSR count). The third-order valence-electron chi connectivity index (χ3n) is 4.89. The summed E-state index contributed by atoms with van der Waals surface area (Å²) in [5.41, 5.74) is 2.24. The topological polar surface area (TPSA) is 80.6 Å². The van der Waals surface area contributed by atoms with Gasteiger partial charge in [-0.25, -0.2) is 21.8 Å². The number of benzene rings is 2. The molecule has 0 saturated carbocycles. The molecule has 0 amide bonds. The fourth-order valence-electron chi connectivity index (χ4n) is 3.58. The molecule has 30 heavy (non-hydrogen) atoms. The number of hydrogen-bond acceptors (Lipinski definition) is 4. The summed E-state index contributed by atoms with van der Waals surface area (Å²) in [6, 6.07) is 15.2. The number of fused-ring (bicyclic) bond motifs is 2. The van der Waals surface area contributed by atoms with Gasteiger partial charge in [-0.2, -0.15) is 4.98 Å². The smallest absolute Gasteiger partial charge is 0.244 e. The van der Waals surface area contributed by atoms with Crippen molar-refractivity contribution in [1.82, 2.24) is 18.9 Å². The second-order valence-electron chi connectivity index (χ2n) is 6.80. The lowest BCUT2D eigenvalue weighted by Gasteiger charge is -2.08. The number of aromatic nitrogens is 4. The standard InChI is InChI=1S/C21H14ClFN4O2S/c22-21-25-19(15-11-24-17-8-4-7-16(23)18(15)17)14-9-10-27(20(14)26-21)30(28,29)12-13-5-2-1-3-6-13/h1-11,24H,12H2. The highest BCUT2D eigenvalue weighted by Gasteiger charge is 2.22. The van der Waals surface area contributed by atoms with E-state index in [1.807, 2.05) is 6.07 Å². The number of nitrogens with one attached hydrogen (secondary N) is 1. The van der Waals surface area contributed by atoms with E-state index in [4.69, 9.17) is 11.6 Å². The van der Waals surface area contributed by atoms with Crippen molar-refractivity contribution in [2.45, 2.75) is 5.75 Å². The summed E-state index contributed by atoms with van der Waals surface area (Å²) in [5, 5.41) is 0.687. The highest BCUT2D eigenvalue weighted by Crippen LogP contribution is 2.35. The second kappa shape index (κ2) is 6.93. The molecule has 6 nitrogen and oxygen atoms in total. The van der Waals surface area contributed by atoms with E-state index in [0.29, 0.717) is 33.1 Å². The molecular weight excluding hydrogens is 427 g/mol. The first kappa shape index (κ1) is 18.8. The van der Waals surface area contributed by atoms with E-state index >= 15 is 0 Å². The molecule has 1 N–H and O–H groups in total. The third-order valence-corrected chi connectivity index (χ3v) is 6.65. The SMILES string of the molecule is O=S(=O)(Cc1ccccc1)n1ccc2c(-c3c[nH]c4cccc(F)c34)nc(Cl)nc21. The molecule has 3 heterocycles. The van der Waals surface area contributed by atoms with Gasteiger partial charge in [-0.15, -0.1) is 0 Å². The summed E-state index contributed by atoms with van der Waals surface area (Å²) in [7, 11) is -3.76. The Kier molecular flexibility index (Phi) is 4.34. The van der Waals surface area contributed by atoms with Crippen molar-refractivity contribution in [3.05, 3.63) is 83.7 Å². The Morgan fingerprint density at radius 2 is 1.83 bits per heavy atom. The van der Waals surface area contributed by atoms with Crippen molar-refractivity contribution in [2.24, 2.45) is 0 Å². The van der Waals surface area contributed by atoms with Gasteiger partial charge in [0.15, 0.2) is 5.65 Å². The molecule has 150 valence electrons. The van der Waals surface area contributed by atoms with Gasteiger partial charge in [0.25, 0.3) is 0 Å². The van der Waals surface area contributed by atoms with E-state index < -0.39 is 15.8 Å². The van der Waals surface area contributed by atoms with Crippen LogP contribution in [0, 0.1) is 5.82 Å². The maximum Gasteiger partial charge on any atom is 0.244 e. The molecule has 0 aliphatic rings. The van der Waals surface area contributed by atoms with Gasteiger partial charge in [0.1, 0.15) is 5.82 Å². The van der Waals surface area contributed by atoms with Gasteiger partial charge in [0.05, 0.1) is 11.4 Å². The normalized spacial score (nSPS) is 12.1. The predicted octanol–water partition coefficient (Wildman–Crippen LogP) is 4.75. The predicted molar refractivity (Wildman–Crippen MR) is 114 cm³/mol. The van der Waals surface area contributed by atoms with Crippen molar-refractivity contribution in [1.29, 1.82) is 0 Å². The van der Waals surface area contributed by atoms with Crippen LogP contribution in [0.3, 0.4) is 0 Å². The van der Waals surface area contributed by atoms with Crippen LogP contribution in [0.2, 0.25) is 5.28 Å². The number of aromatic amines is 1. The molecular formula is C21H14ClFN4O2S. The van der Waals surface area contributed by atoms with Crippen molar-refractivity contribution < 1.29 is 12.8 Å².